The Morgan fingerprint density at radius 1 is 1.03 bits per heavy atom. The summed E-state index contributed by atoms with van der Waals surface area (Å²) in [5.74, 6) is -1.26. The molecule has 0 unspecified atom stereocenters. The van der Waals surface area contributed by atoms with Crippen molar-refractivity contribution < 1.29 is 13.6 Å². The van der Waals surface area contributed by atoms with Gasteiger partial charge in [-0.05, 0) is 60.2 Å². The van der Waals surface area contributed by atoms with E-state index in [-0.39, 0.29) is 10.9 Å². The average Bonchev–Trinajstić information content (AvgIpc) is 3.18. The number of nitrogens with zero attached hydrogens (tertiary/aromatic N) is 4. The fraction of sp³-hybridized carbons (Fsp3) is 0. The monoisotopic (exact) mass is 418 g/mol. The number of hydrazone groups is 1. The Morgan fingerprint density at radius 2 is 1.73 bits per heavy atom. The Balaban J connectivity index is 1.75. The van der Waals surface area contributed by atoms with E-state index in [1.165, 1.54) is 72.9 Å². The fourth-order valence-electron chi connectivity index (χ4n) is 2.65. The standard InChI is InChI=1S/C22H12F2N4OS/c23-17-7-3-15(4-8-17)13-26-28(21(29)16-5-1-14(12-25)2-6-16)22-27-19-10-9-18(24)11-20(19)30-22/h1-11,13H/b26-13+. The molecular formula is C22H12F2N4OS. The number of fused-ring (bicyclic) bond motifs is 1. The molecule has 1 aromatic heterocycles. The Labute approximate surface area is 174 Å². The molecule has 1 amide bonds. The molecule has 0 fully saturated rings. The minimum atomic E-state index is -0.475. The highest BCUT2D eigenvalue weighted by Crippen LogP contribution is 2.30. The van der Waals surface area contributed by atoms with Crippen molar-refractivity contribution in [1.82, 2.24) is 4.98 Å². The molecule has 0 radical (unpaired) electrons. The lowest BCUT2D eigenvalue weighted by Crippen LogP contribution is -2.25. The van der Waals surface area contributed by atoms with Crippen molar-refractivity contribution >= 4 is 38.8 Å². The van der Waals surface area contributed by atoms with Crippen LogP contribution < -0.4 is 5.01 Å². The second-order valence-corrected chi connectivity index (χ2v) is 7.22. The van der Waals surface area contributed by atoms with Gasteiger partial charge in [0.15, 0.2) is 0 Å². The van der Waals surface area contributed by atoms with Crippen LogP contribution in [0.5, 0.6) is 0 Å². The molecule has 5 nitrogen and oxygen atoms in total. The Bertz CT molecular complexity index is 1290. The van der Waals surface area contributed by atoms with Gasteiger partial charge in [0.1, 0.15) is 11.6 Å². The van der Waals surface area contributed by atoms with Crippen molar-refractivity contribution in [2.24, 2.45) is 5.10 Å². The van der Waals surface area contributed by atoms with Gasteiger partial charge in [-0.1, -0.05) is 23.5 Å². The molecule has 0 aliphatic heterocycles. The molecule has 4 rings (SSSR count). The molecule has 0 saturated carbocycles. The largest absolute Gasteiger partial charge is 0.280 e. The van der Waals surface area contributed by atoms with E-state index in [2.05, 4.69) is 10.1 Å². The van der Waals surface area contributed by atoms with Gasteiger partial charge in [-0.15, -0.1) is 0 Å². The molecule has 0 atom stereocenters. The molecular weight excluding hydrogens is 406 g/mol. The summed E-state index contributed by atoms with van der Waals surface area (Å²) in [7, 11) is 0. The molecule has 0 N–H and O–H groups in total. The molecule has 3 aromatic carbocycles. The summed E-state index contributed by atoms with van der Waals surface area (Å²) in [4.78, 5) is 17.5. The van der Waals surface area contributed by atoms with Crippen molar-refractivity contribution in [3.63, 3.8) is 0 Å². The normalized spacial score (nSPS) is 11.0. The lowest BCUT2D eigenvalue weighted by molar-refractivity contribution is 0.0988. The van der Waals surface area contributed by atoms with E-state index in [1.807, 2.05) is 6.07 Å². The third-order valence-electron chi connectivity index (χ3n) is 4.17. The van der Waals surface area contributed by atoms with Crippen LogP contribution in [0.15, 0.2) is 71.8 Å². The second-order valence-electron chi connectivity index (χ2n) is 6.21. The zero-order valence-electron chi connectivity index (χ0n) is 15.3. The molecule has 0 aliphatic carbocycles. The number of halogens is 2. The maximum atomic E-state index is 13.6. The number of anilines is 1. The lowest BCUT2D eigenvalue weighted by Gasteiger charge is -2.13. The summed E-state index contributed by atoms with van der Waals surface area (Å²) in [5, 5.41) is 14.6. The first-order valence-corrected chi connectivity index (χ1v) is 9.55. The number of amides is 1. The molecule has 0 aliphatic rings. The average molecular weight is 418 g/mol. The van der Waals surface area contributed by atoms with Gasteiger partial charge in [0.05, 0.1) is 28.1 Å². The highest BCUT2D eigenvalue weighted by molar-refractivity contribution is 7.22. The van der Waals surface area contributed by atoms with Gasteiger partial charge in [-0.25, -0.2) is 13.8 Å². The summed E-state index contributed by atoms with van der Waals surface area (Å²) in [6, 6.07) is 17.9. The maximum absolute atomic E-state index is 13.6. The number of carbonyl (C=O) groups excluding carboxylic acids is 1. The van der Waals surface area contributed by atoms with Gasteiger partial charge in [0, 0.05) is 5.56 Å². The molecule has 8 heteroatoms. The third kappa shape index (κ3) is 4.06. The first kappa shape index (κ1) is 19.4. The predicted octanol–water partition coefficient (Wildman–Crippen LogP) is 5.13. The van der Waals surface area contributed by atoms with E-state index in [0.29, 0.717) is 26.9 Å². The Morgan fingerprint density at radius 3 is 2.43 bits per heavy atom. The molecule has 0 spiro atoms. The van der Waals surface area contributed by atoms with Crippen LogP contribution in [-0.2, 0) is 0 Å². The smallest absolute Gasteiger partial charge is 0.267 e. The van der Waals surface area contributed by atoms with Crippen molar-refractivity contribution in [2.45, 2.75) is 0 Å². The third-order valence-corrected chi connectivity index (χ3v) is 5.16. The van der Waals surface area contributed by atoms with E-state index in [1.54, 1.807) is 0 Å². The Kier molecular flexibility index (Phi) is 5.28. The first-order chi connectivity index (χ1) is 14.5. The van der Waals surface area contributed by atoms with Crippen molar-refractivity contribution in [3.05, 3.63) is 95.1 Å². The molecule has 4 aromatic rings. The van der Waals surface area contributed by atoms with Gasteiger partial charge >= 0.3 is 0 Å². The van der Waals surface area contributed by atoms with Gasteiger partial charge < -0.3 is 0 Å². The molecule has 146 valence electrons. The number of carbonyl (C=O) groups is 1. The molecule has 30 heavy (non-hydrogen) atoms. The summed E-state index contributed by atoms with van der Waals surface area (Å²) in [5.41, 5.74) is 1.84. The minimum absolute atomic E-state index is 0.253. The summed E-state index contributed by atoms with van der Waals surface area (Å²) in [6.45, 7) is 0. The number of benzene rings is 3. The van der Waals surface area contributed by atoms with Gasteiger partial charge in [-0.2, -0.15) is 15.4 Å². The van der Waals surface area contributed by atoms with Crippen LogP contribution in [0.2, 0.25) is 0 Å². The highest BCUT2D eigenvalue weighted by atomic mass is 32.1. The van der Waals surface area contributed by atoms with Crippen LogP contribution in [0.3, 0.4) is 0 Å². The summed E-state index contributed by atoms with van der Waals surface area (Å²) in [6.07, 6.45) is 1.41. The minimum Gasteiger partial charge on any atom is -0.267 e. The van der Waals surface area contributed by atoms with Crippen LogP contribution in [0, 0.1) is 23.0 Å². The summed E-state index contributed by atoms with van der Waals surface area (Å²) >= 11 is 1.12. The highest BCUT2D eigenvalue weighted by Gasteiger charge is 2.21. The molecule has 1 heterocycles. The van der Waals surface area contributed by atoms with Crippen LogP contribution in [0.1, 0.15) is 21.5 Å². The summed E-state index contributed by atoms with van der Waals surface area (Å²) < 4.78 is 27.3. The number of rotatable bonds is 4. The quantitative estimate of drug-likeness (QED) is 0.341. The van der Waals surface area contributed by atoms with Gasteiger partial charge in [0.25, 0.3) is 5.91 Å². The van der Waals surface area contributed by atoms with E-state index in [4.69, 9.17) is 5.26 Å². The van der Waals surface area contributed by atoms with Crippen molar-refractivity contribution in [1.29, 1.82) is 5.26 Å². The number of nitriles is 1. The van der Waals surface area contributed by atoms with Crippen LogP contribution in [0.25, 0.3) is 10.2 Å². The zero-order chi connectivity index (χ0) is 21.1. The number of thiazole rings is 1. The maximum Gasteiger partial charge on any atom is 0.280 e. The van der Waals surface area contributed by atoms with Gasteiger partial charge in [-0.3, -0.25) is 4.79 Å². The fourth-order valence-corrected chi connectivity index (χ4v) is 3.60. The molecule has 0 saturated heterocycles. The molecule has 0 bridgehead atoms. The van der Waals surface area contributed by atoms with Crippen LogP contribution >= 0.6 is 11.3 Å². The Hall–Kier alpha value is -3.96. The number of hydrogen-bond acceptors (Lipinski definition) is 5. The lowest BCUT2D eigenvalue weighted by atomic mass is 10.1. The number of aromatic nitrogens is 1. The zero-order valence-corrected chi connectivity index (χ0v) is 16.1. The second kappa shape index (κ2) is 8.19. The predicted molar refractivity (Wildman–Crippen MR) is 112 cm³/mol. The van der Waals surface area contributed by atoms with Crippen molar-refractivity contribution in [3.8, 4) is 6.07 Å². The van der Waals surface area contributed by atoms with E-state index >= 15 is 0 Å². The van der Waals surface area contributed by atoms with Crippen LogP contribution in [-0.4, -0.2) is 17.1 Å². The topological polar surface area (TPSA) is 69.3 Å². The van der Waals surface area contributed by atoms with E-state index in [9.17, 15) is 13.6 Å². The van der Waals surface area contributed by atoms with E-state index < -0.39 is 11.7 Å². The van der Waals surface area contributed by atoms with Crippen molar-refractivity contribution in [2.75, 3.05) is 5.01 Å². The van der Waals surface area contributed by atoms with Gasteiger partial charge in [0.2, 0.25) is 5.13 Å². The van der Waals surface area contributed by atoms with E-state index in [0.717, 1.165) is 16.3 Å². The van der Waals surface area contributed by atoms with Crippen LogP contribution in [0.4, 0.5) is 13.9 Å². The number of hydrogen-bond donors (Lipinski definition) is 0. The first-order valence-electron chi connectivity index (χ1n) is 8.74. The SMILES string of the molecule is N#Cc1ccc(C(=O)N(/N=C/c2ccc(F)cc2)c2nc3ccc(F)cc3s2)cc1.